The Morgan fingerprint density at radius 1 is 0.929 bits per heavy atom. The number of carboxylic acid groups (broad SMARTS) is 2. The van der Waals surface area contributed by atoms with Crippen LogP contribution in [0.2, 0.25) is 0 Å². The summed E-state index contributed by atoms with van der Waals surface area (Å²) in [5.41, 5.74) is 3.66. The Balaban J connectivity index is 0.000000300. The number of nitrogens with zero attached hydrogens (tertiary/aromatic N) is 3. The summed E-state index contributed by atoms with van der Waals surface area (Å²) in [6.07, 6.45) is 6.26. The molecule has 0 saturated carbocycles. The van der Waals surface area contributed by atoms with Crippen molar-refractivity contribution in [3.8, 4) is 11.1 Å². The van der Waals surface area contributed by atoms with Crippen LogP contribution in [0.3, 0.4) is 0 Å². The lowest BCUT2D eigenvalue weighted by atomic mass is 10.1. The third kappa shape index (κ3) is 7.20. The van der Waals surface area contributed by atoms with E-state index in [9.17, 15) is 9.59 Å². The van der Waals surface area contributed by atoms with Gasteiger partial charge in [-0.3, -0.25) is 4.98 Å². The monoisotopic (exact) mass is 383 g/mol. The van der Waals surface area contributed by atoms with Crippen LogP contribution in [0.15, 0.2) is 60.9 Å². The van der Waals surface area contributed by atoms with Crippen molar-refractivity contribution in [3.63, 3.8) is 0 Å². The first kappa shape index (κ1) is 21.1. The molecule has 3 rings (SSSR count). The first-order valence-electron chi connectivity index (χ1n) is 9.03. The van der Waals surface area contributed by atoms with E-state index in [-0.39, 0.29) is 0 Å². The van der Waals surface area contributed by atoms with Crippen LogP contribution in [-0.2, 0) is 9.59 Å². The van der Waals surface area contributed by atoms with Crippen molar-refractivity contribution in [1.29, 1.82) is 0 Å². The van der Waals surface area contributed by atoms with Gasteiger partial charge in [-0.25, -0.2) is 9.59 Å². The van der Waals surface area contributed by atoms with Crippen LogP contribution < -0.4 is 4.90 Å². The van der Waals surface area contributed by atoms with Crippen LogP contribution >= 0.6 is 0 Å². The lowest BCUT2D eigenvalue weighted by Crippen LogP contribution is -2.28. The molecule has 0 radical (unpaired) electrons. The van der Waals surface area contributed by atoms with Crippen molar-refractivity contribution in [1.82, 2.24) is 9.88 Å². The van der Waals surface area contributed by atoms with Crippen molar-refractivity contribution < 1.29 is 19.8 Å². The van der Waals surface area contributed by atoms with Gasteiger partial charge in [0.1, 0.15) is 0 Å². The second-order valence-corrected chi connectivity index (χ2v) is 6.45. The maximum Gasteiger partial charge on any atom is 0.328 e. The Morgan fingerprint density at radius 2 is 1.61 bits per heavy atom. The standard InChI is InChI=1S/C17H21N3.C4H4O4/c1-19-8-5-9-20(11-10-19)17-12-16(13-18-14-17)15-6-3-2-4-7-15;5-3(6)1-2-4(7)8/h2-4,6-7,12-14H,5,8-11H2,1H3;1-2H,(H,5,6)(H,7,8)/b;2-1+. The van der Waals surface area contributed by atoms with E-state index in [1.54, 1.807) is 0 Å². The van der Waals surface area contributed by atoms with Crippen LogP contribution in [0, 0.1) is 0 Å². The molecule has 0 unspecified atom stereocenters. The number of anilines is 1. The van der Waals surface area contributed by atoms with E-state index in [1.165, 1.54) is 29.8 Å². The summed E-state index contributed by atoms with van der Waals surface area (Å²) in [6, 6.07) is 12.7. The van der Waals surface area contributed by atoms with E-state index in [0.717, 1.165) is 19.6 Å². The minimum Gasteiger partial charge on any atom is -0.478 e. The largest absolute Gasteiger partial charge is 0.478 e. The van der Waals surface area contributed by atoms with Gasteiger partial charge in [-0.15, -0.1) is 0 Å². The summed E-state index contributed by atoms with van der Waals surface area (Å²) in [5, 5.41) is 15.6. The van der Waals surface area contributed by atoms with Gasteiger partial charge in [0.05, 0.1) is 11.9 Å². The average Bonchev–Trinajstić information content (AvgIpc) is 2.92. The van der Waals surface area contributed by atoms with E-state index in [2.05, 4.69) is 52.2 Å². The summed E-state index contributed by atoms with van der Waals surface area (Å²) in [7, 11) is 2.20. The molecule has 1 saturated heterocycles. The first-order valence-corrected chi connectivity index (χ1v) is 9.03. The predicted molar refractivity (Wildman–Crippen MR) is 108 cm³/mol. The van der Waals surface area contributed by atoms with E-state index >= 15 is 0 Å². The maximum absolute atomic E-state index is 9.55. The highest BCUT2D eigenvalue weighted by Crippen LogP contribution is 2.23. The average molecular weight is 383 g/mol. The number of benzene rings is 1. The predicted octanol–water partition coefficient (Wildman–Crippen LogP) is 2.60. The molecule has 1 aromatic carbocycles. The second-order valence-electron chi connectivity index (χ2n) is 6.45. The van der Waals surface area contributed by atoms with Crippen molar-refractivity contribution in [2.24, 2.45) is 0 Å². The van der Waals surface area contributed by atoms with Crippen LogP contribution in [-0.4, -0.2) is 65.3 Å². The summed E-state index contributed by atoms with van der Waals surface area (Å²) in [4.78, 5) is 28.4. The molecule has 1 fully saturated rings. The normalized spacial score (nSPS) is 14.8. The summed E-state index contributed by atoms with van der Waals surface area (Å²) < 4.78 is 0. The molecule has 2 N–H and O–H groups in total. The fourth-order valence-electron chi connectivity index (χ4n) is 2.84. The molecule has 1 aliphatic rings. The molecule has 2 heterocycles. The number of pyridine rings is 1. The van der Waals surface area contributed by atoms with Gasteiger partial charge < -0.3 is 20.0 Å². The van der Waals surface area contributed by atoms with Gasteiger partial charge in [0.15, 0.2) is 0 Å². The fraction of sp³-hybridized carbons (Fsp3) is 0.286. The SMILES string of the molecule is CN1CCCN(c2cncc(-c3ccccc3)c2)CC1.O=C(O)/C=C/C(=O)O. The van der Waals surface area contributed by atoms with Crippen molar-refractivity contribution in [2.45, 2.75) is 6.42 Å². The number of hydrogen-bond acceptors (Lipinski definition) is 5. The molecule has 7 heteroatoms. The van der Waals surface area contributed by atoms with Crippen molar-refractivity contribution >= 4 is 17.6 Å². The lowest BCUT2D eigenvalue weighted by molar-refractivity contribution is -0.134. The van der Waals surface area contributed by atoms with Crippen molar-refractivity contribution in [2.75, 3.05) is 38.1 Å². The number of rotatable bonds is 4. The summed E-state index contributed by atoms with van der Waals surface area (Å²) in [5.74, 6) is -2.51. The third-order valence-electron chi connectivity index (χ3n) is 4.28. The third-order valence-corrected chi connectivity index (χ3v) is 4.28. The highest BCUT2D eigenvalue weighted by Gasteiger charge is 2.13. The van der Waals surface area contributed by atoms with Gasteiger partial charge in [0, 0.05) is 43.5 Å². The molecule has 0 amide bonds. The lowest BCUT2D eigenvalue weighted by Gasteiger charge is -2.23. The molecule has 1 aliphatic heterocycles. The number of aliphatic carboxylic acids is 2. The van der Waals surface area contributed by atoms with Gasteiger partial charge in [0.2, 0.25) is 0 Å². The van der Waals surface area contributed by atoms with Gasteiger partial charge in [0.25, 0.3) is 0 Å². The maximum atomic E-state index is 9.55. The number of hydrogen-bond donors (Lipinski definition) is 2. The van der Waals surface area contributed by atoms with Crippen LogP contribution in [0.1, 0.15) is 6.42 Å². The van der Waals surface area contributed by atoms with Gasteiger partial charge in [-0.1, -0.05) is 30.3 Å². The zero-order valence-electron chi connectivity index (χ0n) is 15.9. The zero-order chi connectivity index (χ0) is 20.4. The van der Waals surface area contributed by atoms with Crippen LogP contribution in [0.4, 0.5) is 5.69 Å². The molecular formula is C21H25N3O4. The molecule has 0 atom stereocenters. The molecule has 0 bridgehead atoms. The van der Waals surface area contributed by atoms with E-state index in [1.807, 2.05) is 18.5 Å². The minimum atomic E-state index is -1.26. The molecule has 1 aromatic heterocycles. The molecule has 148 valence electrons. The molecule has 0 aliphatic carbocycles. The van der Waals surface area contributed by atoms with Gasteiger partial charge in [-0.05, 0) is 31.6 Å². The Kier molecular flexibility index (Phi) is 8.17. The molecular weight excluding hydrogens is 358 g/mol. The van der Waals surface area contributed by atoms with Crippen molar-refractivity contribution in [3.05, 3.63) is 60.9 Å². The zero-order valence-corrected chi connectivity index (χ0v) is 15.9. The number of carboxylic acids is 2. The number of aromatic nitrogens is 1. The van der Waals surface area contributed by atoms with Gasteiger partial charge >= 0.3 is 11.9 Å². The molecule has 0 spiro atoms. The van der Waals surface area contributed by atoms with Crippen LogP contribution in [0.5, 0.6) is 0 Å². The topological polar surface area (TPSA) is 94.0 Å². The quantitative estimate of drug-likeness (QED) is 0.784. The highest BCUT2D eigenvalue weighted by atomic mass is 16.4. The van der Waals surface area contributed by atoms with E-state index in [4.69, 9.17) is 10.2 Å². The second kappa shape index (κ2) is 10.8. The Bertz CT molecular complexity index is 792. The number of carbonyl (C=O) groups is 2. The summed E-state index contributed by atoms with van der Waals surface area (Å²) >= 11 is 0. The molecule has 2 aromatic rings. The number of likely N-dealkylation sites (N-methyl/N-ethyl adjacent to an activating group) is 1. The van der Waals surface area contributed by atoms with Gasteiger partial charge in [-0.2, -0.15) is 0 Å². The van der Waals surface area contributed by atoms with E-state index in [0.29, 0.717) is 12.2 Å². The highest BCUT2D eigenvalue weighted by molar-refractivity contribution is 5.89. The van der Waals surface area contributed by atoms with E-state index < -0.39 is 11.9 Å². The smallest absolute Gasteiger partial charge is 0.328 e. The van der Waals surface area contributed by atoms with Crippen LogP contribution in [0.25, 0.3) is 11.1 Å². The fourth-order valence-corrected chi connectivity index (χ4v) is 2.84. The molecule has 7 nitrogen and oxygen atoms in total. The minimum absolute atomic E-state index is 0.558. The Labute approximate surface area is 164 Å². The first-order chi connectivity index (χ1) is 13.5. The molecule has 28 heavy (non-hydrogen) atoms. The Hall–Kier alpha value is -3.19. The Morgan fingerprint density at radius 3 is 2.25 bits per heavy atom. The summed E-state index contributed by atoms with van der Waals surface area (Å²) in [6.45, 7) is 4.50.